The standard InChI is InChI=1S/C16H12F2N2O3S/c17-16(18)24-13-8-6-12(7-9-13)19-15(21)10-5-11-3-1-2-4-14(11)20(22)23/h1-10,16H,(H,19,21). The van der Waals surface area contributed by atoms with Crippen molar-refractivity contribution in [2.24, 2.45) is 0 Å². The van der Waals surface area contributed by atoms with Gasteiger partial charge in [0.05, 0.1) is 10.5 Å². The van der Waals surface area contributed by atoms with Crippen molar-refractivity contribution in [2.45, 2.75) is 10.7 Å². The molecule has 0 heterocycles. The van der Waals surface area contributed by atoms with E-state index in [9.17, 15) is 23.7 Å². The minimum absolute atomic E-state index is 0.102. The molecule has 0 saturated heterocycles. The summed E-state index contributed by atoms with van der Waals surface area (Å²) in [5.74, 6) is -2.99. The number of hydrogen-bond acceptors (Lipinski definition) is 4. The molecule has 2 aromatic rings. The zero-order valence-electron chi connectivity index (χ0n) is 12.2. The fraction of sp³-hybridized carbons (Fsp3) is 0.0625. The lowest BCUT2D eigenvalue weighted by atomic mass is 10.1. The van der Waals surface area contributed by atoms with Crippen molar-refractivity contribution in [1.29, 1.82) is 0 Å². The van der Waals surface area contributed by atoms with E-state index in [0.29, 0.717) is 27.9 Å². The molecule has 1 N–H and O–H groups in total. The predicted molar refractivity (Wildman–Crippen MR) is 89.1 cm³/mol. The van der Waals surface area contributed by atoms with Crippen molar-refractivity contribution >= 4 is 35.1 Å². The normalized spacial score (nSPS) is 11.0. The molecule has 5 nitrogen and oxygen atoms in total. The number of benzene rings is 2. The Morgan fingerprint density at radius 2 is 1.83 bits per heavy atom. The number of halogens is 2. The Bertz CT molecular complexity index is 764. The molecule has 0 radical (unpaired) electrons. The van der Waals surface area contributed by atoms with Crippen LogP contribution in [-0.2, 0) is 4.79 Å². The summed E-state index contributed by atoms with van der Waals surface area (Å²) in [6.45, 7) is 0. The molecule has 0 spiro atoms. The van der Waals surface area contributed by atoms with Crippen molar-refractivity contribution in [3.8, 4) is 0 Å². The molecule has 24 heavy (non-hydrogen) atoms. The van der Waals surface area contributed by atoms with Gasteiger partial charge in [-0.15, -0.1) is 0 Å². The van der Waals surface area contributed by atoms with Crippen molar-refractivity contribution in [3.05, 3.63) is 70.3 Å². The number of para-hydroxylation sites is 1. The number of nitro groups is 1. The van der Waals surface area contributed by atoms with Crippen LogP contribution in [0.25, 0.3) is 6.08 Å². The molecule has 8 heteroatoms. The van der Waals surface area contributed by atoms with Gasteiger partial charge in [0.15, 0.2) is 0 Å². The Hall–Kier alpha value is -2.74. The Morgan fingerprint density at radius 3 is 2.46 bits per heavy atom. The summed E-state index contributed by atoms with van der Waals surface area (Å²) in [6.07, 6.45) is 2.51. The van der Waals surface area contributed by atoms with Crippen LogP contribution in [-0.4, -0.2) is 16.6 Å². The third-order valence-corrected chi connectivity index (χ3v) is 3.62. The lowest BCUT2D eigenvalue weighted by Crippen LogP contribution is -2.07. The number of nitrogens with one attached hydrogen (secondary N) is 1. The molecule has 0 aliphatic heterocycles. The van der Waals surface area contributed by atoms with Crippen LogP contribution in [0.1, 0.15) is 5.56 Å². The van der Waals surface area contributed by atoms with Crippen molar-refractivity contribution in [3.63, 3.8) is 0 Å². The lowest BCUT2D eigenvalue weighted by molar-refractivity contribution is -0.385. The molecule has 124 valence electrons. The Balaban J connectivity index is 2.02. The van der Waals surface area contributed by atoms with E-state index in [2.05, 4.69) is 5.32 Å². The van der Waals surface area contributed by atoms with E-state index >= 15 is 0 Å². The van der Waals surface area contributed by atoms with Gasteiger partial charge in [0.25, 0.3) is 11.4 Å². The highest BCUT2D eigenvalue weighted by Crippen LogP contribution is 2.26. The molecule has 0 fully saturated rings. The van der Waals surface area contributed by atoms with Gasteiger partial charge in [-0.1, -0.05) is 23.9 Å². The fourth-order valence-electron chi connectivity index (χ4n) is 1.86. The molecule has 0 aromatic heterocycles. The highest BCUT2D eigenvalue weighted by atomic mass is 32.2. The molecule has 0 aliphatic rings. The molecule has 1 amide bonds. The summed E-state index contributed by atoms with van der Waals surface area (Å²) in [7, 11) is 0. The second kappa shape index (κ2) is 8.21. The summed E-state index contributed by atoms with van der Waals surface area (Å²) in [4.78, 5) is 22.6. The highest BCUT2D eigenvalue weighted by molar-refractivity contribution is 7.99. The Kier molecular flexibility index (Phi) is 6.02. The van der Waals surface area contributed by atoms with Gasteiger partial charge < -0.3 is 5.32 Å². The van der Waals surface area contributed by atoms with Crippen LogP contribution in [0.2, 0.25) is 0 Å². The minimum atomic E-state index is -2.50. The maximum Gasteiger partial charge on any atom is 0.288 e. The number of carbonyl (C=O) groups excluding carboxylic acids is 1. The van der Waals surface area contributed by atoms with Gasteiger partial charge in [-0.05, 0) is 36.4 Å². The van der Waals surface area contributed by atoms with E-state index in [1.165, 1.54) is 54.6 Å². The van der Waals surface area contributed by atoms with Gasteiger partial charge in [-0.2, -0.15) is 8.78 Å². The summed E-state index contributed by atoms with van der Waals surface area (Å²) >= 11 is 0.414. The summed E-state index contributed by atoms with van der Waals surface area (Å²) in [5, 5.41) is 13.4. The van der Waals surface area contributed by atoms with Crippen molar-refractivity contribution in [2.75, 3.05) is 5.32 Å². The highest BCUT2D eigenvalue weighted by Gasteiger charge is 2.10. The first kappa shape index (κ1) is 17.6. The predicted octanol–water partition coefficient (Wildman–Crippen LogP) is 4.56. The van der Waals surface area contributed by atoms with Crippen LogP contribution in [0.4, 0.5) is 20.2 Å². The van der Waals surface area contributed by atoms with Crippen LogP contribution in [0.3, 0.4) is 0 Å². The van der Waals surface area contributed by atoms with Gasteiger partial charge >= 0.3 is 0 Å². The van der Waals surface area contributed by atoms with Crippen LogP contribution in [0.5, 0.6) is 0 Å². The van der Waals surface area contributed by atoms with Crippen molar-refractivity contribution < 1.29 is 18.5 Å². The number of carbonyl (C=O) groups is 1. The molecule has 0 atom stereocenters. The third kappa shape index (κ3) is 5.17. The lowest BCUT2D eigenvalue weighted by Gasteiger charge is -2.04. The first-order chi connectivity index (χ1) is 11.5. The first-order valence-electron chi connectivity index (χ1n) is 6.73. The second-order valence-electron chi connectivity index (χ2n) is 4.54. The van der Waals surface area contributed by atoms with Gasteiger partial charge in [-0.3, -0.25) is 14.9 Å². The number of rotatable bonds is 6. The summed E-state index contributed by atoms with van der Waals surface area (Å²) in [5.41, 5.74) is 0.641. The summed E-state index contributed by atoms with van der Waals surface area (Å²) < 4.78 is 24.4. The number of anilines is 1. The van der Waals surface area contributed by atoms with E-state index in [1.807, 2.05) is 0 Å². The topological polar surface area (TPSA) is 72.2 Å². The Labute approximate surface area is 140 Å². The minimum Gasteiger partial charge on any atom is -0.323 e. The molecular formula is C16H12F2N2O3S. The molecule has 2 rings (SSSR count). The molecule has 0 aliphatic carbocycles. The summed E-state index contributed by atoms with van der Waals surface area (Å²) in [6, 6.07) is 12.0. The number of thioether (sulfide) groups is 1. The van der Waals surface area contributed by atoms with Gasteiger partial charge in [0.1, 0.15) is 0 Å². The largest absolute Gasteiger partial charge is 0.323 e. The van der Waals surface area contributed by atoms with Crippen LogP contribution in [0.15, 0.2) is 59.5 Å². The average molecular weight is 350 g/mol. The zero-order chi connectivity index (χ0) is 17.5. The van der Waals surface area contributed by atoms with Gasteiger partial charge in [-0.25, -0.2) is 0 Å². The number of hydrogen-bond donors (Lipinski definition) is 1. The van der Waals surface area contributed by atoms with E-state index < -0.39 is 16.6 Å². The molecule has 0 bridgehead atoms. The zero-order valence-corrected chi connectivity index (χ0v) is 13.0. The maximum atomic E-state index is 12.2. The van der Waals surface area contributed by atoms with E-state index in [4.69, 9.17) is 0 Å². The fourth-order valence-corrected chi connectivity index (χ4v) is 2.36. The smallest absolute Gasteiger partial charge is 0.288 e. The quantitative estimate of drug-likeness (QED) is 0.359. The maximum absolute atomic E-state index is 12.2. The van der Waals surface area contributed by atoms with Gasteiger partial charge in [0, 0.05) is 22.7 Å². The third-order valence-electron chi connectivity index (χ3n) is 2.89. The Morgan fingerprint density at radius 1 is 1.17 bits per heavy atom. The number of amides is 1. The second-order valence-corrected chi connectivity index (χ2v) is 5.60. The van der Waals surface area contributed by atoms with Crippen LogP contribution in [0, 0.1) is 10.1 Å². The van der Waals surface area contributed by atoms with Crippen molar-refractivity contribution in [1.82, 2.24) is 0 Å². The molecule has 0 unspecified atom stereocenters. The van der Waals surface area contributed by atoms with Crippen LogP contribution >= 0.6 is 11.8 Å². The molecule has 0 saturated carbocycles. The number of nitrogens with zero attached hydrogens (tertiary/aromatic N) is 1. The van der Waals surface area contributed by atoms with E-state index in [1.54, 1.807) is 6.07 Å². The van der Waals surface area contributed by atoms with Gasteiger partial charge in [0.2, 0.25) is 5.91 Å². The van der Waals surface area contributed by atoms with Crippen LogP contribution < -0.4 is 5.32 Å². The van der Waals surface area contributed by atoms with E-state index in [-0.39, 0.29) is 5.69 Å². The average Bonchev–Trinajstić information content (AvgIpc) is 2.54. The molecule has 2 aromatic carbocycles. The number of nitro benzene ring substituents is 1. The SMILES string of the molecule is O=C(C=Cc1ccccc1[N+](=O)[O-])Nc1ccc(SC(F)F)cc1. The monoisotopic (exact) mass is 350 g/mol. The van der Waals surface area contributed by atoms with E-state index in [0.717, 1.165) is 0 Å². The first-order valence-corrected chi connectivity index (χ1v) is 7.61. The molecular weight excluding hydrogens is 338 g/mol. The number of alkyl halides is 2.